The molecule has 0 spiro atoms. The molecule has 0 unspecified atom stereocenters. The van der Waals surface area contributed by atoms with Crippen molar-refractivity contribution >= 4 is 17.7 Å². The van der Waals surface area contributed by atoms with Crippen molar-refractivity contribution in [2.45, 2.75) is 64.0 Å². The Labute approximate surface area is 158 Å². The van der Waals surface area contributed by atoms with Gasteiger partial charge in [0.15, 0.2) is 6.61 Å². The van der Waals surface area contributed by atoms with Crippen molar-refractivity contribution in [3.63, 3.8) is 0 Å². The molecule has 2 aliphatic carbocycles. The SMILES string of the molecule is N#Cc1c2c(n(C[C@@H]3CCCO3)c1NC(=O)COC(=O)C1CC1)CCCC2. The van der Waals surface area contributed by atoms with E-state index in [4.69, 9.17) is 9.47 Å². The van der Waals surface area contributed by atoms with E-state index in [9.17, 15) is 14.9 Å². The van der Waals surface area contributed by atoms with Gasteiger partial charge in [-0.3, -0.25) is 9.59 Å². The third-order valence-corrected chi connectivity index (χ3v) is 5.61. The minimum Gasteiger partial charge on any atom is -0.455 e. The number of nitrogens with one attached hydrogen (secondary N) is 1. The molecular formula is C20H25N3O4. The van der Waals surface area contributed by atoms with Gasteiger partial charge in [0, 0.05) is 12.3 Å². The van der Waals surface area contributed by atoms with Gasteiger partial charge in [0.05, 0.1) is 24.1 Å². The summed E-state index contributed by atoms with van der Waals surface area (Å²) >= 11 is 0. The van der Waals surface area contributed by atoms with Gasteiger partial charge in [-0.05, 0) is 56.9 Å². The van der Waals surface area contributed by atoms with Gasteiger partial charge in [-0.2, -0.15) is 5.26 Å². The number of amides is 1. The summed E-state index contributed by atoms with van der Waals surface area (Å²) in [5.41, 5.74) is 2.73. The predicted molar refractivity (Wildman–Crippen MR) is 97.1 cm³/mol. The van der Waals surface area contributed by atoms with Crippen LogP contribution in [-0.4, -0.2) is 35.8 Å². The molecule has 7 heteroatoms. The van der Waals surface area contributed by atoms with Gasteiger partial charge in [-0.1, -0.05) is 0 Å². The van der Waals surface area contributed by atoms with E-state index in [0.717, 1.165) is 69.2 Å². The Hall–Kier alpha value is -2.33. The maximum absolute atomic E-state index is 12.4. The third-order valence-electron chi connectivity index (χ3n) is 5.61. The number of rotatable bonds is 6. The minimum absolute atomic E-state index is 0.0387. The average molecular weight is 371 g/mol. The highest BCUT2D eigenvalue weighted by Crippen LogP contribution is 2.34. The second-order valence-corrected chi connectivity index (χ2v) is 7.64. The molecule has 0 aromatic carbocycles. The lowest BCUT2D eigenvalue weighted by Crippen LogP contribution is -2.25. The normalized spacial score (nSPS) is 21.4. The molecule has 1 atom stereocenters. The molecule has 4 rings (SSSR count). The summed E-state index contributed by atoms with van der Waals surface area (Å²) in [4.78, 5) is 24.1. The molecule has 1 saturated carbocycles. The third kappa shape index (κ3) is 3.86. The van der Waals surface area contributed by atoms with Crippen LogP contribution in [-0.2, 0) is 38.4 Å². The number of nitriles is 1. The highest BCUT2D eigenvalue weighted by Gasteiger charge is 2.32. The van der Waals surface area contributed by atoms with Gasteiger partial charge >= 0.3 is 5.97 Å². The Balaban J connectivity index is 1.55. The lowest BCUT2D eigenvalue weighted by atomic mass is 9.95. The van der Waals surface area contributed by atoms with Crippen LogP contribution in [0.1, 0.15) is 55.3 Å². The maximum Gasteiger partial charge on any atom is 0.309 e. The maximum atomic E-state index is 12.4. The molecule has 2 fully saturated rings. The predicted octanol–water partition coefficient (Wildman–Crippen LogP) is 2.31. The van der Waals surface area contributed by atoms with Gasteiger partial charge in [-0.25, -0.2) is 0 Å². The van der Waals surface area contributed by atoms with Crippen molar-refractivity contribution < 1.29 is 19.1 Å². The van der Waals surface area contributed by atoms with Crippen LogP contribution < -0.4 is 5.32 Å². The number of esters is 1. The van der Waals surface area contributed by atoms with Crippen LogP contribution in [0.5, 0.6) is 0 Å². The van der Waals surface area contributed by atoms with Crippen molar-refractivity contribution in [1.82, 2.24) is 4.57 Å². The highest BCUT2D eigenvalue weighted by atomic mass is 16.5. The number of hydrogen-bond acceptors (Lipinski definition) is 5. The Morgan fingerprint density at radius 3 is 2.74 bits per heavy atom. The van der Waals surface area contributed by atoms with Crippen molar-refractivity contribution in [2.75, 3.05) is 18.5 Å². The number of hydrogen-bond donors (Lipinski definition) is 1. The highest BCUT2D eigenvalue weighted by molar-refractivity contribution is 5.94. The fraction of sp³-hybridized carbons (Fsp3) is 0.650. The van der Waals surface area contributed by atoms with Gasteiger partial charge in [0.1, 0.15) is 11.9 Å². The van der Waals surface area contributed by atoms with E-state index in [0.29, 0.717) is 17.9 Å². The first-order valence-corrected chi connectivity index (χ1v) is 9.89. The standard InChI is InChI=1S/C20H25N3O4/c21-10-16-15-5-1-2-6-17(15)23(11-14-4-3-9-26-14)19(16)22-18(24)12-27-20(25)13-7-8-13/h13-14H,1-9,11-12H2,(H,22,24)/t14-/m0/s1. The van der Waals surface area contributed by atoms with E-state index in [1.165, 1.54) is 0 Å². The van der Waals surface area contributed by atoms with Crippen LogP contribution in [0.25, 0.3) is 0 Å². The lowest BCUT2D eigenvalue weighted by molar-refractivity contribution is -0.148. The first kappa shape index (κ1) is 18.1. The smallest absolute Gasteiger partial charge is 0.309 e. The Bertz CT molecular complexity index is 782. The molecule has 2 heterocycles. The van der Waals surface area contributed by atoms with E-state index in [2.05, 4.69) is 16.0 Å². The van der Waals surface area contributed by atoms with Gasteiger partial charge in [0.25, 0.3) is 5.91 Å². The van der Waals surface area contributed by atoms with Crippen LogP contribution in [0.3, 0.4) is 0 Å². The Morgan fingerprint density at radius 2 is 2.04 bits per heavy atom. The minimum atomic E-state index is -0.399. The first-order chi connectivity index (χ1) is 13.2. The molecule has 1 aromatic rings. The number of ether oxygens (including phenoxy) is 2. The molecule has 7 nitrogen and oxygen atoms in total. The van der Waals surface area contributed by atoms with Crippen LogP contribution in [0.15, 0.2) is 0 Å². The summed E-state index contributed by atoms with van der Waals surface area (Å²) in [5.74, 6) is -0.209. The number of carbonyl (C=O) groups is 2. The molecule has 1 aliphatic heterocycles. The molecule has 1 saturated heterocycles. The second kappa shape index (κ2) is 7.73. The van der Waals surface area contributed by atoms with Crippen molar-refractivity contribution in [1.29, 1.82) is 5.26 Å². The van der Waals surface area contributed by atoms with Crippen LogP contribution in [0.2, 0.25) is 0 Å². The zero-order valence-corrected chi connectivity index (χ0v) is 15.5. The second-order valence-electron chi connectivity index (χ2n) is 7.64. The number of carbonyl (C=O) groups excluding carboxylic acids is 2. The molecule has 0 radical (unpaired) electrons. The molecule has 1 aromatic heterocycles. The Kier molecular flexibility index (Phi) is 5.17. The summed E-state index contributed by atoms with van der Waals surface area (Å²) < 4.78 is 12.9. The molecule has 144 valence electrons. The zero-order valence-electron chi connectivity index (χ0n) is 15.5. The van der Waals surface area contributed by atoms with E-state index in [1.807, 2.05) is 0 Å². The average Bonchev–Trinajstić information content (AvgIpc) is 3.33. The van der Waals surface area contributed by atoms with Crippen LogP contribution >= 0.6 is 0 Å². The van der Waals surface area contributed by atoms with Gasteiger partial charge in [0.2, 0.25) is 0 Å². The first-order valence-electron chi connectivity index (χ1n) is 9.89. The molecule has 0 bridgehead atoms. The molecule has 1 N–H and O–H groups in total. The van der Waals surface area contributed by atoms with Crippen molar-refractivity contribution in [2.24, 2.45) is 5.92 Å². The Morgan fingerprint density at radius 1 is 1.22 bits per heavy atom. The summed E-state index contributed by atoms with van der Waals surface area (Å²) in [7, 11) is 0. The number of aromatic nitrogens is 1. The van der Waals surface area contributed by atoms with E-state index >= 15 is 0 Å². The quantitative estimate of drug-likeness (QED) is 0.775. The molecular weight excluding hydrogens is 346 g/mol. The van der Waals surface area contributed by atoms with E-state index in [1.54, 1.807) is 0 Å². The summed E-state index contributed by atoms with van der Waals surface area (Å²) in [6.45, 7) is 1.09. The van der Waals surface area contributed by atoms with Gasteiger partial charge in [-0.15, -0.1) is 0 Å². The molecule has 3 aliphatic rings. The summed E-state index contributed by atoms with van der Waals surface area (Å²) in [6.07, 6.45) is 7.72. The van der Waals surface area contributed by atoms with Gasteiger partial charge < -0.3 is 19.4 Å². The fourth-order valence-electron chi connectivity index (χ4n) is 4.05. The van der Waals surface area contributed by atoms with E-state index < -0.39 is 5.91 Å². The topological polar surface area (TPSA) is 93.4 Å². The fourth-order valence-corrected chi connectivity index (χ4v) is 4.05. The number of anilines is 1. The molecule has 1 amide bonds. The van der Waals surface area contributed by atoms with E-state index in [-0.39, 0.29) is 24.6 Å². The summed E-state index contributed by atoms with van der Waals surface area (Å²) in [5, 5.41) is 12.6. The van der Waals surface area contributed by atoms with Crippen molar-refractivity contribution in [3.05, 3.63) is 16.8 Å². The lowest BCUT2D eigenvalue weighted by Gasteiger charge is -2.19. The monoisotopic (exact) mass is 371 g/mol. The summed E-state index contributed by atoms with van der Waals surface area (Å²) in [6, 6.07) is 2.28. The van der Waals surface area contributed by atoms with Crippen molar-refractivity contribution in [3.8, 4) is 6.07 Å². The van der Waals surface area contributed by atoms with Crippen LogP contribution in [0, 0.1) is 17.2 Å². The van der Waals surface area contributed by atoms with Crippen LogP contribution in [0.4, 0.5) is 5.82 Å². The molecule has 27 heavy (non-hydrogen) atoms. The number of fused-ring (bicyclic) bond motifs is 1. The largest absolute Gasteiger partial charge is 0.455 e. The zero-order chi connectivity index (χ0) is 18.8. The number of nitrogens with zero attached hydrogens (tertiary/aromatic N) is 2.